The van der Waals surface area contributed by atoms with Gasteiger partial charge in [-0.05, 0) is 143 Å². The topological polar surface area (TPSA) is 107 Å². The van der Waals surface area contributed by atoms with Gasteiger partial charge in [-0.2, -0.15) is 0 Å². The van der Waals surface area contributed by atoms with Crippen molar-refractivity contribution in [1.29, 1.82) is 0 Å². The van der Waals surface area contributed by atoms with Crippen LogP contribution in [0.25, 0.3) is 0 Å². The van der Waals surface area contributed by atoms with E-state index in [0.29, 0.717) is 35.2 Å². The second kappa shape index (κ2) is 12.3. The van der Waals surface area contributed by atoms with Crippen molar-refractivity contribution in [1.82, 2.24) is 0 Å². The maximum absolute atomic E-state index is 13.1. The van der Waals surface area contributed by atoms with E-state index in [1.165, 1.54) is 18.4 Å². The van der Waals surface area contributed by atoms with Gasteiger partial charge in [-0.1, -0.05) is 70.7 Å². The van der Waals surface area contributed by atoms with E-state index in [1.54, 1.807) is 19.9 Å². The molecule has 5 aliphatic rings. The molecule has 10 atom stereocenters. The number of carbonyl (C=O) groups excluding carboxylic acids is 2. The number of esters is 1. The van der Waals surface area contributed by atoms with Gasteiger partial charge < -0.3 is 15.6 Å². The van der Waals surface area contributed by atoms with Gasteiger partial charge in [0.05, 0.1) is 17.4 Å². The fraction of sp³-hybridized carbons (Fsp3) is 0.705. The molecule has 0 spiro atoms. The Labute approximate surface area is 300 Å². The van der Waals surface area contributed by atoms with Gasteiger partial charge in [-0.3, -0.25) is 14.4 Å². The lowest BCUT2D eigenvalue weighted by atomic mass is 9.32. The first-order valence-corrected chi connectivity index (χ1v) is 19.2. The van der Waals surface area contributed by atoms with Crippen LogP contribution in [0.5, 0.6) is 0 Å². The van der Waals surface area contributed by atoms with Crippen LogP contribution in [-0.2, 0) is 14.3 Å². The third-order valence-corrected chi connectivity index (χ3v) is 16.1. The van der Waals surface area contributed by atoms with E-state index >= 15 is 0 Å². The van der Waals surface area contributed by atoms with Gasteiger partial charge in [0.25, 0.3) is 0 Å². The zero-order valence-corrected chi connectivity index (χ0v) is 31.9. The smallest absolute Gasteiger partial charge is 0.309 e. The molecule has 1 amide bonds. The number of nitrogens with two attached hydrogens (primary N) is 1. The minimum Gasteiger partial charge on any atom is -0.481 e. The highest BCUT2D eigenvalue weighted by molar-refractivity contribution is 5.95. The quantitative estimate of drug-likeness (QED) is 0.177. The van der Waals surface area contributed by atoms with E-state index in [1.807, 2.05) is 18.2 Å². The fourth-order valence-electron chi connectivity index (χ4n) is 13.2. The lowest BCUT2D eigenvalue weighted by molar-refractivity contribution is -0.247. The average molecular weight is 684 g/mol. The highest BCUT2D eigenvalue weighted by Gasteiger charge is 2.71. The summed E-state index contributed by atoms with van der Waals surface area (Å²) in [5.41, 5.74) is 7.28. The molecule has 0 aromatic heterocycles. The van der Waals surface area contributed by atoms with Gasteiger partial charge in [0, 0.05) is 16.4 Å². The Kier molecular flexibility index (Phi) is 9.01. The summed E-state index contributed by atoms with van der Waals surface area (Å²) in [6.07, 6.45) is 10.6. The first-order valence-electron chi connectivity index (χ1n) is 19.2. The number of amides is 1. The number of fused-ring (bicyclic) bond motifs is 7. The zero-order chi connectivity index (χ0) is 36.7. The van der Waals surface area contributed by atoms with Gasteiger partial charge in [0.1, 0.15) is 6.10 Å². The SMILES string of the molecule is C=C(C)[C@@H]1CCC2(C#Cc3ccccc3C(N)=O)CC[C@]3(C)C(CCC4C5(C)CCC(OC(=O)CC(C)(C)C(=O)O)C(C)(C)C5CC[C@]43C)C12. The van der Waals surface area contributed by atoms with Crippen LogP contribution in [0.4, 0.5) is 0 Å². The lowest BCUT2D eigenvalue weighted by Gasteiger charge is -2.72. The van der Waals surface area contributed by atoms with Crippen LogP contribution in [0.15, 0.2) is 36.4 Å². The largest absolute Gasteiger partial charge is 0.481 e. The molecule has 5 fully saturated rings. The number of ether oxygens (including phenoxy) is 1. The molecule has 0 heterocycles. The number of hydrogen-bond acceptors (Lipinski definition) is 4. The number of carboxylic acid groups (broad SMARTS) is 1. The highest BCUT2D eigenvalue weighted by Crippen LogP contribution is 2.77. The maximum Gasteiger partial charge on any atom is 0.309 e. The van der Waals surface area contributed by atoms with Crippen molar-refractivity contribution in [2.45, 2.75) is 132 Å². The minimum atomic E-state index is -1.15. The molecule has 6 heteroatoms. The first kappa shape index (κ1) is 36.7. The third kappa shape index (κ3) is 5.47. The van der Waals surface area contributed by atoms with Crippen molar-refractivity contribution in [3.63, 3.8) is 0 Å². The molecule has 0 radical (unpaired) electrons. The predicted molar refractivity (Wildman–Crippen MR) is 197 cm³/mol. The average Bonchev–Trinajstić information content (AvgIpc) is 3.42. The first-order chi connectivity index (χ1) is 23.2. The van der Waals surface area contributed by atoms with Crippen LogP contribution in [0, 0.1) is 73.9 Å². The summed E-state index contributed by atoms with van der Waals surface area (Å²) in [4.78, 5) is 37.0. The summed E-state index contributed by atoms with van der Waals surface area (Å²) in [5, 5.41) is 9.60. The molecule has 5 aliphatic carbocycles. The van der Waals surface area contributed by atoms with Crippen LogP contribution in [0.2, 0.25) is 0 Å². The molecule has 0 saturated heterocycles. The number of aliphatic carboxylic acids is 1. The number of carbonyl (C=O) groups is 3. The van der Waals surface area contributed by atoms with Crippen molar-refractivity contribution in [2.75, 3.05) is 0 Å². The second-order valence-corrected chi connectivity index (χ2v) is 19.2. The Hall–Kier alpha value is -3.07. The molecular weight excluding hydrogens is 622 g/mol. The minimum absolute atomic E-state index is 0.0953. The summed E-state index contributed by atoms with van der Waals surface area (Å²) in [5.74, 6) is 7.98. The van der Waals surface area contributed by atoms with Crippen molar-refractivity contribution >= 4 is 17.8 Å². The van der Waals surface area contributed by atoms with E-state index in [-0.39, 0.29) is 39.6 Å². The van der Waals surface area contributed by atoms with Crippen molar-refractivity contribution in [3.8, 4) is 11.8 Å². The summed E-state index contributed by atoms with van der Waals surface area (Å²) in [6.45, 7) is 22.3. The second-order valence-electron chi connectivity index (χ2n) is 19.2. The number of benzene rings is 1. The Bertz CT molecular complexity index is 1650. The maximum atomic E-state index is 13.1. The fourth-order valence-corrected chi connectivity index (χ4v) is 13.2. The van der Waals surface area contributed by atoms with Gasteiger partial charge in [0.15, 0.2) is 0 Å². The standard InChI is InChI=1S/C44H61NO5/c1-27(2)29-17-23-44(22-16-28-12-10-11-13-30(28)37(45)47)25-24-42(8)31(36(29)44)14-15-33-41(7)20-19-34(50-35(46)26-39(3,4)38(48)49)40(5,6)32(41)18-21-43(33,42)9/h10-13,29,31-34,36H,1,14-15,17-21,23-26H2,2-9H3,(H2,45,47)(H,48,49)/t29-,31?,32?,33?,34?,36?,41?,42+,43+,44?/m0/s1. The third-order valence-electron chi connectivity index (χ3n) is 16.1. The molecule has 5 saturated carbocycles. The summed E-state index contributed by atoms with van der Waals surface area (Å²) in [6, 6.07) is 7.49. The van der Waals surface area contributed by atoms with E-state index in [0.717, 1.165) is 56.9 Å². The molecule has 6 rings (SSSR count). The van der Waals surface area contributed by atoms with E-state index < -0.39 is 23.3 Å². The molecule has 6 nitrogen and oxygen atoms in total. The van der Waals surface area contributed by atoms with Gasteiger partial charge in [-0.15, -0.1) is 0 Å². The number of hydrogen-bond donors (Lipinski definition) is 2. The van der Waals surface area contributed by atoms with Crippen LogP contribution in [0.3, 0.4) is 0 Å². The Balaban J connectivity index is 1.29. The van der Waals surface area contributed by atoms with E-state index in [2.05, 4.69) is 60.0 Å². The summed E-state index contributed by atoms with van der Waals surface area (Å²) < 4.78 is 6.17. The molecule has 1 aromatic rings. The molecule has 3 N–H and O–H groups in total. The van der Waals surface area contributed by atoms with Crippen molar-refractivity contribution in [3.05, 3.63) is 47.5 Å². The number of carboxylic acids is 1. The Morgan fingerprint density at radius 1 is 0.920 bits per heavy atom. The lowest BCUT2D eigenvalue weighted by Crippen LogP contribution is -2.66. The van der Waals surface area contributed by atoms with Crippen LogP contribution in [0.1, 0.15) is 142 Å². The molecule has 272 valence electrons. The zero-order valence-electron chi connectivity index (χ0n) is 31.9. The Morgan fingerprint density at radius 2 is 1.62 bits per heavy atom. The number of allylic oxidation sites excluding steroid dienone is 1. The highest BCUT2D eigenvalue weighted by atomic mass is 16.5. The predicted octanol–water partition coefficient (Wildman–Crippen LogP) is 9.21. The molecule has 50 heavy (non-hydrogen) atoms. The van der Waals surface area contributed by atoms with Gasteiger partial charge in [-0.25, -0.2) is 0 Å². The molecule has 0 bridgehead atoms. The molecule has 0 aliphatic heterocycles. The molecule has 1 aromatic carbocycles. The monoisotopic (exact) mass is 683 g/mol. The van der Waals surface area contributed by atoms with Crippen molar-refractivity contribution < 1.29 is 24.2 Å². The molecular formula is C44H61NO5. The van der Waals surface area contributed by atoms with Gasteiger partial charge >= 0.3 is 11.9 Å². The molecule has 7 unspecified atom stereocenters. The normalized spacial score (nSPS) is 40.1. The Morgan fingerprint density at radius 3 is 2.28 bits per heavy atom. The van der Waals surface area contributed by atoms with Crippen LogP contribution in [-0.4, -0.2) is 29.1 Å². The van der Waals surface area contributed by atoms with Crippen LogP contribution < -0.4 is 5.73 Å². The summed E-state index contributed by atoms with van der Waals surface area (Å²) in [7, 11) is 0. The van der Waals surface area contributed by atoms with Crippen LogP contribution >= 0.6 is 0 Å². The van der Waals surface area contributed by atoms with E-state index in [9.17, 15) is 19.5 Å². The number of primary amides is 1. The number of rotatable bonds is 6. The van der Waals surface area contributed by atoms with Gasteiger partial charge in [0.2, 0.25) is 5.91 Å². The van der Waals surface area contributed by atoms with E-state index in [4.69, 9.17) is 10.5 Å². The van der Waals surface area contributed by atoms with Crippen molar-refractivity contribution in [2.24, 2.45) is 67.8 Å². The summed E-state index contributed by atoms with van der Waals surface area (Å²) >= 11 is 0.